The SMILES string of the molecule is O=C(COC(=O)CNC(=O)C12CC3CC(CC(C3)C1)C2)Nc1ccc2[nH]c(=O)[nH]c2c1. The molecule has 4 bridgehead atoms. The molecule has 2 aromatic rings. The molecule has 4 N–H and O–H groups in total. The molecular weight excluding hydrogens is 400 g/mol. The number of esters is 1. The maximum Gasteiger partial charge on any atom is 0.325 e. The van der Waals surface area contributed by atoms with Crippen molar-refractivity contribution in [1.82, 2.24) is 15.3 Å². The van der Waals surface area contributed by atoms with Gasteiger partial charge in [-0.15, -0.1) is 0 Å². The first-order chi connectivity index (χ1) is 14.9. The van der Waals surface area contributed by atoms with Crippen LogP contribution < -0.4 is 16.3 Å². The van der Waals surface area contributed by atoms with Crippen LogP contribution in [0.4, 0.5) is 5.69 Å². The van der Waals surface area contributed by atoms with Crippen LogP contribution in [0.1, 0.15) is 38.5 Å². The molecule has 0 saturated heterocycles. The summed E-state index contributed by atoms with van der Waals surface area (Å²) in [5.41, 5.74) is 1.02. The zero-order valence-corrected chi connectivity index (χ0v) is 17.2. The molecule has 4 saturated carbocycles. The van der Waals surface area contributed by atoms with Gasteiger partial charge in [0.15, 0.2) is 6.61 Å². The van der Waals surface area contributed by atoms with Crippen molar-refractivity contribution in [3.8, 4) is 0 Å². The number of aromatic nitrogens is 2. The summed E-state index contributed by atoms with van der Waals surface area (Å²) in [4.78, 5) is 53.5. The molecule has 31 heavy (non-hydrogen) atoms. The highest BCUT2D eigenvalue weighted by Crippen LogP contribution is 2.60. The second-order valence-corrected chi connectivity index (χ2v) is 9.43. The van der Waals surface area contributed by atoms with Gasteiger partial charge in [0.05, 0.1) is 11.0 Å². The summed E-state index contributed by atoms with van der Waals surface area (Å²) < 4.78 is 5.01. The van der Waals surface area contributed by atoms with E-state index in [1.165, 1.54) is 19.3 Å². The third kappa shape index (κ3) is 3.96. The predicted octanol–water partition coefficient (Wildman–Crippen LogP) is 1.67. The number of carbonyl (C=O) groups is 3. The summed E-state index contributed by atoms with van der Waals surface area (Å²) in [6.07, 6.45) is 6.53. The Morgan fingerprint density at radius 3 is 2.32 bits per heavy atom. The molecule has 6 rings (SSSR count). The van der Waals surface area contributed by atoms with Crippen LogP contribution in [0.2, 0.25) is 0 Å². The van der Waals surface area contributed by atoms with E-state index in [4.69, 9.17) is 4.74 Å². The smallest absolute Gasteiger partial charge is 0.325 e. The minimum Gasteiger partial charge on any atom is -0.454 e. The first-order valence-electron chi connectivity index (χ1n) is 10.8. The molecule has 9 heteroatoms. The minimum atomic E-state index is -0.640. The lowest BCUT2D eigenvalue weighted by Crippen LogP contribution is -2.54. The fourth-order valence-electron chi connectivity index (χ4n) is 6.23. The van der Waals surface area contributed by atoms with Crippen LogP contribution in [0.5, 0.6) is 0 Å². The van der Waals surface area contributed by atoms with Crippen molar-refractivity contribution >= 4 is 34.5 Å². The van der Waals surface area contributed by atoms with Crippen LogP contribution >= 0.6 is 0 Å². The molecule has 0 radical (unpaired) electrons. The zero-order chi connectivity index (χ0) is 21.6. The number of fused-ring (bicyclic) bond motifs is 1. The van der Waals surface area contributed by atoms with Crippen molar-refractivity contribution in [2.24, 2.45) is 23.2 Å². The number of hydrogen-bond acceptors (Lipinski definition) is 5. The lowest BCUT2D eigenvalue weighted by Gasteiger charge is -2.55. The Balaban J connectivity index is 1.09. The van der Waals surface area contributed by atoms with E-state index < -0.39 is 18.5 Å². The van der Waals surface area contributed by atoms with Crippen LogP contribution in [0.3, 0.4) is 0 Å². The molecule has 1 heterocycles. The number of rotatable bonds is 6. The first kappa shape index (κ1) is 19.8. The molecular formula is C22H26N4O5. The molecule has 164 valence electrons. The fraction of sp³-hybridized carbons (Fsp3) is 0.545. The summed E-state index contributed by atoms with van der Waals surface area (Å²) in [5.74, 6) is 0.765. The lowest BCUT2D eigenvalue weighted by atomic mass is 9.49. The Morgan fingerprint density at radius 1 is 1.00 bits per heavy atom. The second kappa shape index (κ2) is 7.55. The van der Waals surface area contributed by atoms with Gasteiger partial charge in [-0.1, -0.05) is 0 Å². The van der Waals surface area contributed by atoms with Crippen LogP contribution in [0, 0.1) is 23.2 Å². The monoisotopic (exact) mass is 426 g/mol. The highest BCUT2D eigenvalue weighted by molar-refractivity contribution is 5.95. The Morgan fingerprint density at radius 2 is 1.65 bits per heavy atom. The number of ether oxygens (including phenoxy) is 1. The average Bonchev–Trinajstić information content (AvgIpc) is 3.08. The number of carbonyl (C=O) groups excluding carboxylic acids is 3. The van der Waals surface area contributed by atoms with Gasteiger partial charge in [0, 0.05) is 11.1 Å². The number of aromatic amines is 2. The average molecular weight is 426 g/mol. The molecule has 0 spiro atoms. The zero-order valence-electron chi connectivity index (χ0n) is 17.2. The standard InChI is InChI=1S/C22H26N4O5/c27-18(24-15-1-2-16-17(6-15)26-21(30)25-16)11-31-19(28)10-23-20(29)22-7-12-3-13(8-22)5-14(4-12)9-22/h1-2,6,12-14H,3-5,7-11H2,(H,23,29)(H,24,27)(H2,25,26,30). The van der Waals surface area contributed by atoms with Crippen molar-refractivity contribution in [2.45, 2.75) is 38.5 Å². The molecule has 1 aromatic heterocycles. The van der Waals surface area contributed by atoms with E-state index in [2.05, 4.69) is 20.6 Å². The maximum absolute atomic E-state index is 12.9. The number of imidazole rings is 1. The predicted molar refractivity (Wildman–Crippen MR) is 112 cm³/mol. The lowest BCUT2D eigenvalue weighted by molar-refractivity contribution is -0.152. The highest BCUT2D eigenvalue weighted by Gasteiger charge is 2.54. The van der Waals surface area contributed by atoms with E-state index in [1.54, 1.807) is 18.2 Å². The largest absolute Gasteiger partial charge is 0.454 e. The van der Waals surface area contributed by atoms with E-state index in [1.807, 2.05) is 0 Å². The van der Waals surface area contributed by atoms with E-state index >= 15 is 0 Å². The van der Waals surface area contributed by atoms with Gasteiger partial charge in [-0.3, -0.25) is 14.4 Å². The Hall–Kier alpha value is -3.10. The molecule has 1 aromatic carbocycles. The summed E-state index contributed by atoms with van der Waals surface area (Å²) in [5, 5.41) is 5.37. The molecule has 4 aliphatic carbocycles. The molecule has 0 aliphatic heterocycles. The van der Waals surface area contributed by atoms with Crippen LogP contribution in [-0.2, 0) is 19.1 Å². The molecule has 0 unspecified atom stereocenters. The summed E-state index contributed by atoms with van der Waals surface area (Å²) in [6.45, 7) is -0.682. The van der Waals surface area contributed by atoms with Gasteiger partial charge in [0.1, 0.15) is 6.54 Å². The number of nitrogens with one attached hydrogen (secondary N) is 4. The second-order valence-electron chi connectivity index (χ2n) is 9.43. The maximum atomic E-state index is 12.9. The normalized spacial score (nSPS) is 28.5. The van der Waals surface area contributed by atoms with Gasteiger partial charge in [-0.2, -0.15) is 0 Å². The third-order valence-corrected chi connectivity index (χ3v) is 7.08. The van der Waals surface area contributed by atoms with Crippen molar-refractivity contribution < 1.29 is 19.1 Å². The number of amides is 2. The molecule has 9 nitrogen and oxygen atoms in total. The molecule has 2 amide bonds. The van der Waals surface area contributed by atoms with Crippen LogP contribution in [0.25, 0.3) is 11.0 Å². The van der Waals surface area contributed by atoms with E-state index in [0.717, 1.165) is 19.3 Å². The van der Waals surface area contributed by atoms with Crippen LogP contribution in [0.15, 0.2) is 23.0 Å². The van der Waals surface area contributed by atoms with Gasteiger partial charge in [-0.25, -0.2) is 4.79 Å². The number of H-pyrrole nitrogens is 2. The molecule has 4 aliphatic rings. The van der Waals surface area contributed by atoms with Crippen LogP contribution in [-0.4, -0.2) is 40.9 Å². The first-order valence-corrected chi connectivity index (χ1v) is 10.8. The fourth-order valence-corrected chi connectivity index (χ4v) is 6.23. The minimum absolute atomic E-state index is 0.0400. The summed E-state index contributed by atoms with van der Waals surface area (Å²) in [6, 6.07) is 4.91. The van der Waals surface area contributed by atoms with Gasteiger partial charge in [0.2, 0.25) is 5.91 Å². The molecule has 4 fully saturated rings. The van der Waals surface area contributed by atoms with Gasteiger partial charge in [-0.05, 0) is 74.5 Å². The number of benzene rings is 1. The van der Waals surface area contributed by atoms with Gasteiger partial charge >= 0.3 is 11.7 Å². The number of anilines is 1. The highest BCUT2D eigenvalue weighted by atomic mass is 16.5. The van der Waals surface area contributed by atoms with Crippen molar-refractivity contribution in [2.75, 3.05) is 18.5 Å². The van der Waals surface area contributed by atoms with E-state index in [0.29, 0.717) is 34.5 Å². The van der Waals surface area contributed by atoms with Gasteiger partial charge in [0.25, 0.3) is 5.91 Å². The van der Waals surface area contributed by atoms with Crippen molar-refractivity contribution in [1.29, 1.82) is 0 Å². The number of hydrogen-bond donors (Lipinski definition) is 4. The van der Waals surface area contributed by atoms with E-state index in [-0.39, 0.29) is 23.6 Å². The van der Waals surface area contributed by atoms with Crippen molar-refractivity contribution in [3.63, 3.8) is 0 Å². The van der Waals surface area contributed by atoms with Crippen molar-refractivity contribution in [3.05, 3.63) is 28.7 Å². The van der Waals surface area contributed by atoms with Gasteiger partial charge < -0.3 is 25.3 Å². The summed E-state index contributed by atoms with van der Waals surface area (Å²) >= 11 is 0. The Bertz CT molecular complexity index is 1070. The molecule has 0 atom stereocenters. The topological polar surface area (TPSA) is 133 Å². The third-order valence-electron chi connectivity index (χ3n) is 7.08. The summed E-state index contributed by atoms with van der Waals surface area (Å²) in [7, 11) is 0. The quantitative estimate of drug-likeness (QED) is 0.522. The Kier molecular flexibility index (Phi) is 4.83. The van der Waals surface area contributed by atoms with E-state index in [9.17, 15) is 19.2 Å². The Labute approximate surface area is 178 Å².